The number of nitriles is 1. The number of nitrogens with one attached hydrogen (secondary N) is 3. The van der Waals surface area contributed by atoms with E-state index in [1.54, 1.807) is 24.3 Å². The molecule has 2 atom stereocenters. The topological polar surface area (TPSA) is 77.0 Å². The van der Waals surface area contributed by atoms with Crippen molar-refractivity contribution in [2.75, 3.05) is 6.54 Å². The van der Waals surface area contributed by atoms with Gasteiger partial charge < -0.3 is 5.32 Å². The Morgan fingerprint density at radius 3 is 2.82 bits per heavy atom. The fourth-order valence-corrected chi connectivity index (χ4v) is 1.71. The van der Waals surface area contributed by atoms with Crippen LogP contribution in [0.1, 0.15) is 10.4 Å². The number of nitrogens with zero attached hydrogens (tertiary/aromatic N) is 1. The average molecular weight is 251 g/mol. The molecule has 6 heteroatoms. The van der Waals surface area contributed by atoms with Gasteiger partial charge in [-0.15, -0.1) is 0 Å². The lowest BCUT2D eigenvalue weighted by atomic mass is 10.1. The summed E-state index contributed by atoms with van der Waals surface area (Å²) in [6.07, 6.45) is -0.372. The fourth-order valence-electron chi connectivity index (χ4n) is 1.58. The molecular formula is C11H11ClN4O. The van der Waals surface area contributed by atoms with Crippen molar-refractivity contribution in [3.8, 4) is 6.07 Å². The molecule has 0 spiro atoms. The van der Waals surface area contributed by atoms with Gasteiger partial charge in [-0.05, 0) is 24.3 Å². The molecule has 0 saturated carbocycles. The number of hydrogen-bond donors (Lipinski definition) is 3. The smallest absolute Gasteiger partial charge is 0.252 e. The molecule has 1 aromatic rings. The van der Waals surface area contributed by atoms with Crippen LogP contribution >= 0.6 is 11.6 Å². The number of carbonyl (C=O) groups is 1. The molecule has 17 heavy (non-hydrogen) atoms. The molecule has 1 saturated heterocycles. The fraction of sp³-hybridized carbons (Fsp3) is 0.273. The Balaban J connectivity index is 2.02. The highest BCUT2D eigenvalue weighted by molar-refractivity contribution is 6.30. The second-order valence-electron chi connectivity index (χ2n) is 3.72. The molecule has 88 valence electrons. The van der Waals surface area contributed by atoms with E-state index in [1.807, 2.05) is 0 Å². The second-order valence-corrected chi connectivity index (χ2v) is 4.16. The second kappa shape index (κ2) is 5.15. The van der Waals surface area contributed by atoms with Crippen LogP contribution in [0.15, 0.2) is 24.3 Å². The van der Waals surface area contributed by atoms with E-state index < -0.39 is 0 Å². The Morgan fingerprint density at radius 2 is 2.18 bits per heavy atom. The first-order valence-corrected chi connectivity index (χ1v) is 5.53. The molecule has 1 amide bonds. The van der Waals surface area contributed by atoms with Gasteiger partial charge in [0.1, 0.15) is 6.17 Å². The van der Waals surface area contributed by atoms with E-state index in [0.717, 1.165) is 0 Å². The van der Waals surface area contributed by atoms with Gasteiger partial charge in [0.2, 0.25) is 0 Å². The maximum atomic E-state index is 11.8. The molecule has 2 unspecified atom stereocenters. The summed E-state index contributed by atoms with van der Waals surface area (Å²) < 4.78 is 0. The Kier molecular flexibility index (Phi) is 3.59. The minimum absolute atomic E-state index is 0.233. The molecule has 0 radical (unpaired) electrons. The van der Waals surface area contributed by atoms with Gasteiger partial charge in [-0.1, -0.05) is 11.6 Å². The van der Waals surface area contributed by atoms with Gasteiger partial charge in [-0.3, -0.25) is 10.2 Å². The van der Waals surface area contributed by atoms with Crippen LogP contribution < -0.4 is 16.2 Å². The highest BCUT2D eigenvalue weighted by Gasteiger charge is 2.28. The molecule has 1 aromatic carbocycles. The Hall–Kier alpha value is -1.61. The monoisotopic (exact) mass is 250 g/mol. The summed E-state index contributed by atoms with van der Waals surface area (Å²) >= 11 is 5.74. The highest BCUT2D eigenvalue weighted by Crippen LogP contribution is 2.10. The van der Waals surface area contributed by atoms with E-state index in [1.165, 1.54) is 0 Å². The van der Waals surface area contributed by atoms with Crippen LogP contribution in [0.4, 0.5) is 0 Å². The number of amides is 1. The van der Waals surface area contributed by atoms with Gasteiger partial charge in [0.15, 0.2) is 0 Å². The predicted molar refractivity (Wildman–Crippen MR) is 62.9 cm³/mol. The molecule has 0 aliphatic carbocycles. The summed E-state index contributed by atoms with van der Waals surface area (Å²) in [5, 5.41) is 12.2. The lowest BCUT2D eigenvalue weighted by Gasteiger charge is -2.14. The first-order chi connectivity index (χ1) is 8.20. The zero-order valence-corrected chi connectivity index (χ0v) is 9.66. The normalized spacial score (nSPS) is 23.1. The van der Waals surface area contributed by atoms with Crippen LogP contribution in [0.25, 0.3) is 0 Å². The van der Waals surface area contributed by atoms with Gasteiger partial charge in [0.25, 0.3) is 5.91 Å². The number of benzene rings is 1. The van der Waals surface area contributed by atoms with Crippen molar-refractivity contribution in [2.24, 2.45) is 5.92 Å². The molecule has 1 aliphatic rings. The lowest BCUT2D eigenvalue weighted by Crippen LogP contribution is -2.46. The van der Waals surface area contributed by atoms with E-state index in [-0.39, 0.29) is 18.0 Å². The van der Waals surface area contributed by atoms with E-state index in [4.69, 9.17) is 16.9 Å². The SMILES string of the molecule is N#CC1CNNC1NC(=O)c1ccc(Cl)cc1. The van der Waals surface area contributed by atoms with Crippen molar-refractivity contribution >= 4 is 17.5 Å². The third-order valence-corrected chi connectivity index (χ3v) is 2.79. The van der Waals surface area contributed by atoms with Gasteiger partial charge in [-0.2, -0.15) is 5.26 Å². The number of hydrogen-bond acceptors (Lipinski definition) is 4. The van der Waals surface area contributed by atoms with Gasteiger partial charge in [0.05, 0.1) is 12.0 Å². The third-order valence-electron chi connectivity index (χ3n) is 2.54. The van der Waals surface area contributed by atoms with Gasteiger partial charge in [-0.25, -0.2) is 5.43 Å². The van der Waals surface area contributed by atoms with Crippen molar-refractivity contribution in [3.05, 3.63) is 34.9 Å². The minimum atomic E-state index is -0.372. The first kappa shape index (κ1) is 11.9. The summed E-state index contributed by atoms with van der Waals surface area (Å²) in [5.74, 6) is -0.505. The summed E-state index contributed by atoms with van der Waals surface area (Å²) in [5.41, 5.74) is 6.18. The van der Waals surface area contributed by atoms with E-state index >= 15 is 0 Å². The van der Waals surface area contributed by atoms with Crippen LogP contribution in [0.3, 0.4) is 0 Å². The molecule has 2 rings (SSSR count). The number of halogens is 1. The van der Waals surface area contributed by atoms with Gasteiger partial charge >= 0.3 is 0 Å². The third kappa shape index (κ3) is 2.74. The molecule has 1 aliphatic heterocycles. The van der Waals surface area contributed by atoms with Crippen LogP contribution in [0.2, 0.25) is 5.02 Å². The van der Waals surface area contributed by atoms with Crippen molar-refractivity contribution in [2.45, 2.75) is 6.17 Å². The Bertz CT molecular complexity index is 454. The van der Waals surface area contributed by atoms with Crippen LogP contribution in [0.5, 0.6) is 0 Å². The van der Waals surface area contributed by atoms with Crippen molar-refractivity contribution < 1.29 is 4.79 Å². The molecular weight excluding hydrogens is 240 g/mol. The zero-order chi connectivity index (χ0) is 12.3. The zero-order valence-electron chi connectivity index (χ0n) is 8.90. The van der Waals surface area contributed by atoms with Crippen molar-refractivity contribution in [1.82, 2.24) is 16.2 Å². The molecule has 1 fully saturated rings. The molecule has 0 aromatic heterocycles. The lowest BCUT2D eigenvalue weighted by molar-refractivity contribution is 0.0927. The van der Waals surface area contributed by atoms with E-state index in [2.05, 4.69) is 22.2 Å². The number of hydrazine groups is 1. The summed E-state index contributed by atoms with van der Waals surface area (Å²) in [7, 11) is 0. The minimum Gasteiger partial charge on any atom is -0.334 e. The maximum Gasteiger partial charge on any atom is 0.252 e. The van der Waals surface area contributed by atoms with Crippen molar-refractivity contribution in [1.29, 1.82) is 5.26 Å². The quantitative estimate of drug-likeness (QED) is 0.720. The standard InChI is InChI=1S/C11H11ClN4O/c12-9-3-1-7(2-4-9)11(17)15-10-8(5-13)6-14-16-10/h1-4,8,10,14,16H,6H2,(H,15,17). The molecule has 3 N–H and O–H groups in total. The Labute approximate surface area is 104 Å². The Morgan fingerprint density at radius 1 is 1.47 bits per heavy atom. The van der Waals surface area contributed by atoms with E-state index in [0.29, 0.717) is 17.1 Å². The predicted octanol–water partition coefficient (Wildman–Crippen LogP) is 0.643. The summed E-state index contributed by atoms with van der Waals surface area (Å²) in [6, 6.07) is 8.70. The van der Waals surface area contributed by atoms with Gasteiger partial charge in [0, 0.05) is 17.1 Å². The molecule has 5 nitrogen and oxygen atoms in total. The highest BCUT2D eigenvalue weighted by atomic mass is 35.5. The molecule has 1 heterocycles. The van der Waals surface area contributed by atoms with Crippen LogP contribution in [0, 0.1) is 17.2 Å². The van der Waals surface area contributed by atoms with Crippen molar-refractivity contribution in [3.63, 3.8) is 0 Å². The van der Waals surface area contributed by atoms with Crippen LogP contribution in [-0.2, 0) is 0 Å². The number of carbonyl (C=O) groups excluding carboxylic acids is 1. The number of rotatable bonds is 2. The van der Waals surface area contributed by atoms with Crippen LogP contribution in [-0.4, -0.2) is 18.6 Å². The largest absolute Gasteiger partial charge is 0.334 e. The maximum absolute atomic E-state index is 11.8. The first-order valence-electron chi connectivity index (χ1n) is 5.15. The summed E-state index contributed by atoms with van der Waals surface area (Å²) in [6.45, 7) is 0.516. The summed E-state index contributed by atoms with van der Waals surface area (Å²) in [4.78, 5) is 11.8. The average Bonchev–Trinajstić information content (AvgIpc) is 2.77. The molecule has 0 bridgehead atoms. The van der Waals surface area contributed by atoms with E-state index in [9.17, 15) is 4.79 Å².